The van der Waals surface area contributed by atoms with Gasteiger partial charge in [-0.25, -0.2) is 19.5 Å². The number of aryl methyl sites for hydroxylation is 2. The maximum Gasteiger partial charge on any atom is 1.00 e. The number of imide groups is 1. The van der Waals surface area contributed by atoms with Gasteiger partial charge in [-0.1, -0.05) is 30.3 Å². The quantitative estimate of drug-likeness (QED) is 0.174. The molecule has 2 N–H and O–H groups in total. The Labute approximate surface area is 279 Å². The number of aromatic nitrogens is 1. The van der Waals surface area contributed by atoms with E-state index in [2.05, 4.69) is 10.6 Å². The summed E-state index contributed by atoms with van der Waals surface area (Å²) < 4.78 is 6.64. The molecule has 0 radical (unpaired) electrons. The molecule has 5 rings (SSSR count). The molecule has 0 bridgehead atoms. The Morgan fingerprint density at radius 1 is 1.05 bits per heavy atom. The number of nitrogens with zero attached hydrogens (tertiary/aromatic N) is 4. The molecule has 2 saturated heterocycles. The molecular weight excluding hydrogens is 603 g/mol. The van der Waals surface area contributed by atoms with Crippen LogP contribution in [0.3, 0.4) is 0 Å². The van der Waals surface area contributed by atoms with E-state index in [0.717, 1.165) is 21.2 Å². The number of benzene rings is 1. The molecule has 16 heteroatoms. The van der Waals surface area contributed by atoms with E-state index in [4.69, 9.17) is 4.74 Å². The molecule has 14 nitrogen and oxygen atoms in total. The molecule has 0 spiro atoms. The van der Waals surface area contributed by atoms with Gasteiger partial charge < -0.3 is 25.3 Å². The van der Waals surface area contributed by atoms with Crippen LogP contribution in [0.1, 0.15) is 29.9 Å². The standard InChI is InChI=1S/C28H30N6O8S.Na/c1-15-9-10-16(2)34(15)32-12-11-31(28(32)41)27(40)30-20(18-7-5-4-6-8-18)23(36)29-21-24(37)33-22(26(38)39)19(13-42-17(3)35)14-43-25(21)33;/h4-10,20-21,25H,11-14H2,1-3H3,(H,29,36)(H,30,40)(H,38,39);/q;+1/p-1/t20?,21?,25-;/m0./s1. The first-order valence-electron chi connectivity index (χ1n) is 13.4. The van der Waals surface area contributed by atoms with E-state index < -0.39 is 59.0 Å². The third-order valence-corrected chi connectivity index (χ3v) is 8.70. The van der Waals surface area contributed by atoms with Crippen LogP contribution in [0.2, 0.25) is 0 Å². The molecule has 0 saturated carbocycles. The van der Waals surface area contributed by atoms with Gasteiger partial charge in [-0.3, -0.25) is 24.0 Å². The van der Waals surface area contributed by atoms with Gasteiger partial charge in [0.25, 0.3) is 5.91 Å². The second kappa shape index (κ2) is 13.5. The van der Waals surface area contributed by atoms with Crippen LogP contribution < -0.4 is 50.3 Å². The summed E-state index contributed by atoms with van der Waals surface area (Å²) in [5.41, 5.74) is 1.87. The summed E-state index contributed by atoms with van der Waals surface area (Å²) >= 11 is 1.19. The molecule has 1 aromatic carbocycles. The number of carbonyl (C=O) groups excluding carboxylic acids is 6. The van der Waals surface area contributed by atoms with Crippen LogP contribution in [-0.4, -0.2) is 87.2 Å². The zero-order valence-corrected chi connectivity index (χ0v) is 27.4. The Morgan fingerprint density at radius 2 is 1.70 bits per heavy atom. The number of fused-ring (bicyclic) bond motifs is 1. The predicted molar refractivity (Wildman–Crippen MR) is 150 cm³/mol. The summed E-state index contributed by atoms with van der Waals surface area (Å²) in [7, 11) is 0. The van der Waals surface area contributed by atoms with Gasteiger partial charge in [-0.15, -0.1) is 11.8 Å². The Morgan fingerprint density at radius 3 is 2.32 bits per heavy atom. The molecule has 2 aromatic rings. The number of carboxylic acids is 1. The zero-order chi connectivity index (χ0) is 31.0. The van der Waals surface area contributed by atoms with Gasteiger partial charge in [0.05, 0.1) is 24.8 Å². The Hall–Kier alpha value is -3.79. The summed E-state index contributed by atoms with van der Waals surface area (Å²) in [5.74, 6) is -3.49. The molecule has 0 aliphatic carbocycles. The van der Waals surface area contributed by atoms with Crippen LogP contribution in [0.25, 0.3) is 0 Å². The van der Waals surface area contributed by atoms with E-state index in [1.54, 1.807) is 35.0 Å². The Balaban J connectivity index is 0.00000442. The average Bonchev–Trinajstić information content (AvgIpc) is 3.52. The molecule has 3 atom stereocenters. The van der Waals surface area contributed by atoms with Crippen molar-refractivity contribution >= 4 is 47.6 Å². The molecule has 2 fully saturated rings. The SMILES string of the molecule is CC(=O)OCC1=C(C(=O)[O-])N2C(=O)C(NC(=O)C(NC(=O)N3CCN(n4c(C)ccc4C)C3=O)c3ccccc3)[C@@H]2SC1.[Na+]. The molecule has 3 aliphatic heterocycles. The molecule has 2 unspecified atom stereocenters. The van der Waals surface area contributed by atoms with Crippen molar-refractivity contribution in [2.75, 3.05) is 30.5 Å². The largest absolute Gasteiger partial charge is 1.00 e. The number of ether oxygens (including phenoxy) is 1. The topological polar surface area (TPSA) is 173 Å². The molecule has 6 amide bonds. The predicted octanol–water partition coefficient (Wildman–Crippen LogP) is -3.10. The number of hydrogen-bond acceptors (Lipinski definition) is 9. The van der Waals surface area contributed by atoms with Gasteiger partial charge in [0.2, 0.25) is 5.91 Å². The maximum atomic E-state index is 13.6. The van der Waals surface area contributed by atoms with Gasteiger partial charge in [-0.05, 0) is 31.5 Å². The number of esters is 1. The number of β-lactam (4-membered cyclic amide) rings is 1. The zero-order valence-electron chi connectivity index (χ0n) is 24.6. The first kappa shape index (κ1) is 33.1. The number of rotatable bonds is 8. The number of carbonyl (C=O) groups is 6. The molecule has 1 aromatic heterocycles. The maximum absolute atomic E-state index is 13.6. The first-order chi connectivity index (χ1) is 20.5. The van der Waals surface area contributed by atoms with Crippen molar-refractivity contribution in [3.8, 4) is 0 Å². The molecular formula is C28H29N6NaO8S. The molecule has 4 heterocycles. The summed E-state index contributed by atoms with van der Waals surface area (Å²) in [6.45, 7) is 4.91. The van der Waals surface area contributed by atoms with Gasteiger partial charge in [0.15, 0.2) is 0 Å². The number of amides is 6. The fourth-order valence-electron chi connectivity index (χ4n) is 5.30. The van der Waals surface area contributed by atoms with Crippen molar-refractivity contribution in [2.45, 2.75) is 38.2 Å². The molecule has 44 heavy (non-hydrogen) atoms. The van der Waals surface area contributed by atoms with E-state index in [0.29, 0.717) is 5.56 Å². The van der Waals surface area contributed by atoms with Crippen molar-refractivity contribution in [1.29, 1.82) is 0 Å². The third-order valence-electron chi connectivity index (χ3n) is 7.36. The third kappa shape index (κ3) is 6.22. The van der Waals surface area contributed by atoms with Crippen LogP contribution in [0.5, 0.6) is 0 Å². The summed E-state index contributed by atoms with van der Waals surface area (Å²) in [5, 5.41) is 17.9. The van der Waals surface area contributed by atoms with Gasteiger partial charge in [0, 0.05) is 29.6 Å². The Kier molecular flexibility index (Phi) is 10.1. The first-order valence-corrected chi connectivity index (χ1v) is 14.5. The normalized spacial score (nSPS) is 19.9. The fourth-order valence-corrected chi connectivity index (χ4v) is 6.62. The summed E-state index contributed by atoms with van der Waals surface area (Å²) in [4.78, 5) is 78.3. The van der Waals surface area contributed by atoms with Crippen molar-refractivity contribution in [1.82, 2.24) is 25.1 Å². The van der Waals surface area contributed by atoms with E-state index in [1.165, 1.54) is 23.7 Å². The number of thioether (sulfide) groups is 1. The van der Waals surface area contributed by atoms with Crippen LogP contribution >= 0.6 is 11.8 Å². The van der Waals surface area contributed by atoms with E-state index in [9.17, 15) is 33.9 Å². The molecule has 3 aliphatic rings. The number of hydrogen-bond donors (Lipinski definition) is 2. The van der Waals surface area contributed by atoms with Crippen molar-refractivity contribution in [3.05, 3.63) is 70.7 Å². The van der Waals surface area contributed by atoms with E-state index >= 15 is 0 Å². The Bertz CT molecular complexity index is 1530. The van der Waals surface area contributed by atoms with Crippen LogP contribution in [-0.2, 0) is 23.9 Å². The monoisotopic (exact) mass is 632 g/mol. The minimum atomic E-state index is -1.60. The minimum absolute atomic E-state index is 0. The minimum Gasteiger partial charge on any atom is -0.543 e. The van der Waals surface area contributed by atoms with Gasteiger partial charge in [0.1, 0.15) is 24.1 Å². The van der Waals surface area contributed by atoms with Gasteiger partial charge >= 0.3 is 47.6 Å². The second-order valence-corrected chi connectivity index (χ2v) is 11.3. The summed E-state index contributed by atoms with van der Waals surface area (Å²) in [6, 6.07) is 8.36. The van der Waals surface area contributed by atoms with Crippen molar-refractivity contribution in [3.63, 3.8) is 0 Å². The second-order valence-electron chi connectivity index (χ2n) is 10.2. The van der Waals surface area contributed by atoms with E-state index in [-0.39, 0.29) is 60.6 Å². The van der Waals surface area contributed by atoms with Crippen LogP contribution in [0.4, 0.5) is 9.59 Å². The van der Waals surface area contributed by atoms with Gasteiger partial charge in [-0.2, -0.15) is 0 Å². The number of nitrogens with one attached hydrogen (secondary N) is 2. The van der Waals surface area contributed by atoms with Crippen LogP contribution in [0, 0.1) is 13.8 Å². The van der Waals surface area contributed by atoms with Crippen molar-refractivity contribution < 1.29 is 68.2 Å². The van der Waals surface area contributed by atoms with Crippen LogP contribution in [0.15, 0.2) is 53.7 Å². The number of carboxylic acid groups (broad SMARTS) is 1. The number of urea groups is 2. The summed E-state index contributed by atoms with van der Waals surface area (Å²) in [6.07, 6.45) is 0. The fraction of sp³-hybridized carbons (Fsp3) is 0.357. The van der Waals surface area contributed by atoms with E-state index in [1.807, 2.05) is 26.0 Å². The van der Waals surface area contributed by atoms with Crippen molar-refractivity contribution in [2.24, 2.45) is 0 Å². The average molecular weight is 633 g/mol. The molecule has 226 valence electrons. The smallest absolute Gasteiger partial charge is 0.543 e. The number of aliphatic carboxylic acids is 1.